The van der Waals surface area contributed by atoms with Crippen LogP contribution in [0.15, 0.2) is 24.3 Å². The third kappa shape index (κ3) is 5.96. The van der Waals surface area contributed by atoms with Crippen molar-refractivity contribution >= 4 is 11.9 Å². The van der Waals surface area contributed by atoms with Crippen molar-refractivity contribution in [3.05, 3.63) is 29.8 Å². The fourth-order valence-electron chi connectivity index (χ4n) is 4.28. The highest BCUT2D eigenvalue weighted by Crippen LogP contribution is 2.25. The highest BCUT2D eigenvalue weighted by molar-refractivity contribution is 5.76. The van der Waals surface area contributed by atoms with Gasteiger partial charge in [0.1, 0.15) is 5.75 Å². The normalized spacial score (nSPS) is 18.6. The molecular formula is C22H32N2O4. The molecule has 1 heterocycles. The van der Waals surface area contributed by atoms with Crippen LogP contribution in [0.4, 0.5) is 0 Å². The van der Waals surface area contributed by atoms with Gasteiger partial charge < -0.3 is 14.7 Å². The van der Waals surface area contributed by atoms with Crippen molar-refractivity contribution in [3.63, 3.8) is 0 Å². The summed E-state index contributed by atoms with van der Waals surface area (Å²) < 4.78 is 6.06. The van der Waals surface area contributed by atoms with E-state index in [2.05, 4.69) is 12.1 Å². The number of carbonyl (C=O) groups excluding carboxylic acids is 1. The first-order valence-electron chi connectivity index (χ1n) is 10.5. The van der Waals surface area contributed by atoms with E-state index in [4.69, 9.17) is 9.84 Å². The number of benzene rings is 1. The first-order valence-corrected chi connectivity index (χ1v) is 10.5. The van der Waals surface area contributed by atoms with E-state index in [1.165, 1.54) is 12.8 Å². The topological polar surface area (TPSA) is 70.1 Å². The average Bonchev–Trinajstić information content (AvgIpc) is 3.19. The van der Waals surface area contributed by atoms with Crippen molar-refractivity contribution in [1.82, 2.24) is 9.80 Å². The van der Waals surface area contributed by atoms with Gasteiger partial charge in [0.05, 0.1) is 12.6 Å². The number of likely N-dealkylation sites (N-methyl/N-ethyl adjacent to an activating group) is 1. The van der Waals surface area contributed by atoms with Gasteiger partial charge in [0.15, 0.2) is 0 Å². The van der Waals surface area contributed by atoms with Gasteiger partial charge in [-0.05, 0) is 69.7 Å². The van der Waals surface area contributed by atoms with E-state index in [1.807, 2.05) is 29.0 Å². The fraction of sp³-hybridized carbons (Fsp3) is 0.636. The second kappa shape index (κ2) is 9.92. The number of aliphatic carboxylic acids is 1. The highest BCUT2D eigenvalue weighted by atomic mass is 16.5. The van der Waals surface area contributed by atoms with Gasteiger partial charge in [0, 0.05) is 25.6 Å². The Labute approximate surface area is 167 Å². The van der Waals surface area contributed by atoms with Crippen molar-refractivity contribution in [1.29, 1.82) is 0 Å². The van der Waals surface area contributed by atoms with Gasteiger partial charge in [-0.1, -0.05) is 12.1 Å². The Morgan fingerprint density at radius 1 is 1.18 bits per heavy atom. The Kier molecular flexibility index (Phi) is 7.31. The third-order valence-corrected chi connectivity index (χ3v) is 5.96. The number of carbonyl (C=O) groups is 2. The molecule has 1 amide bonds. The number of nitrogens with zero attached hydrogens (tertiary/aromatic N) is 2. The number of hydrogen-bond donors (Lipinski definition) is 1. The van der Waals surface area contributed by atoms with Crippen LogP contribution in [0.2, 0.25) is 0 Å². The van der Waals surface area contributed by atoms with Crippen LogP contribution >= 0.6 is 0 Å². The maximum Gasteiger partial charge on any atom is 0.317 e. The second-order valence-corrected chi connectivity index (χ2v) is 8.09. The average molecular weight is 389 g/mol. The number of carboxylic acid groups (broad SMARTS) is 1. The summed E-state index contributed by atoms with van der Waals surface area (Å²) in [6.45, 7) is 1.47. The molecule has 1 N–H and O–H groups in total. The predicted molar refractivity (Wildman–Crippen MR) is 108 cm³/mol. The molecule has 0 atom stereocenters. The lowest BCUT2D eigenvalue weighted by Gasteiger charge is -2.36. The first-order chi connectivity index (χ1) is 13.5. The molecule has 154 valence electrons. The molecule has 2 aliphatic rings. The lowest BCUT2D eigenvalue weighted by atomic mass is 10.0. The minimum Gasteiger partial charge on any atom is -0.490 e. The molecule has 1 saturated heterocycles. The van der Waals surface area contributed by atoms with Gasteiger partial charge in [-0.15, -0.1) is 0 Å². The quantitative estimate of drug-likeness (QED) is 0.741. The molecule has 1 saturated carbocycles. The molecule has 0 spiro atoms. The summed E-state index contributed by atoms with van der Waals surface area (Å²) in [5, 5.41) is 8.92. The van der Waals surface area contributed by atoms with Crippen molar-refractivity contribution < 1.29 is 19.4 Å². The highest BCUT2D eigenvalue weighted by Gasteiger charge is 2.25. The molecule has 1 aliphatic carbocycles. The van der Waals surface area contributed by atoms with Crippen LogP contribution in [-0.2, 0) is 16.0 Å². The zero-order valence-electron chi connectivity index (χ0n) is 16.8. The van der Waals surface area contributed by atoms with E-state index in [1.54, 1.807) is 0 Å². The van der Waals surface area contributed by atoms with E-state index in [-0.39, 0.29) is 18.5 Å². The Morgan fingerprint density at radius 3 is 2.57 bits per heavy atom. The molecule has 1 aromatic rings. The number of piperidine rings is 1. The van der Waals surface area contributed by atoms with Crippen LogP contribution in [0.25, 0.3) is 0 Å². The van der Waals surface area contributed by atoms with Gasteiger partial charge in [-0.2, -0.15) is 0 Å². The molecule has 0 unspecified atom stereocenters. The molecule has 6 nitrogen and oxygen atoms in total. The number of hydrogen-bond acceptors (Lipinski definition) is 4. The van der Waals surface area contributed by atoms with Gasteiger partial charge in [0.25, 0.3) is 0 Å². The Balaban J connectivity index is 1.42. The van der Waals surface area contributed by atoms with Gasteiger partial charge in [0.2, 0.25) is 5.91 Å². The molecule has 0 aromatic heterocycles. The number of rotatable bonds is 8. The smallest absolute Gasteiger partial charge is 0.317 e. The second-order valence-electron chi connectivity index (χ2n) is 8.09. The maximum absolute atomic E-state index is 12.6. The van der Waals surface area contributed by atoms with Crippen LogP contribution in [0.3, 0.4) is 0 Å². The summed E-state index contributed by atoms with van der Waals surface area (Å²) in [6.07, 6.45) is 8.02. The Morgan fingerprint density at radius 2 is 1.89 bits per heavy atom. The SMILES string of the molecule is CN(CC(=O)O)C1CCN(C(=O)CCc2cccc(OC3CCCC3)c2)CC1. The van der Waals surface area contributed by atoms with Gasteiger partial charge >= 0.3 is 5.97 Å². The summed E-state index contributed by atoms with van der Waals surface area (Å²) in [6, 6.07) is 8.38. The van der Waals surface area contributed by atoms with E-state index in [9.17, 15) is 9.59 Å². The molecule has 2 fully saturated rings. The summed E-state index contributed by atoms with van der Waals surface area (Å²) in [5.41, 5.74) is 1.14. The lowest BCUT2D eigenvalue weighted by molar-refractivity contribution is -0.139. The van der Waals surface area contributed by atoms with Crippen LogP contribution < -0.4 is 4.74 Å². The van der Waals surface area contributed by atoms with Crippen LogP contribution in [0, 0.1) is 0 Å². The van der Waals surface area contributed by atoms with Crippen LogP contribution in [-0.4, -0.2) is 65.6 Å². The zero-order valence-corrected chi connectivity index (χ0v) is 16.8. The third-order valence-electron chi connectivity index (χ3n) is 5.96. The monoisotopic (exact) mass is 388 g/mol. The standard InChI is InChI=1S/C22H32N2O4/c1-23(16-22(26)27)18-11-13-24(14-12-18)21(25)10-9-17-5-4-8-20(15-17)28-19-6-2-3-7-19/h4-5,8,15,18-19H,2-3,6-7,9-14,16H2,1H3,(H,26,27). The van der Waals surface area contributed by atoms with E-state index in [0.717, 1.165) is 43.4 Å². The molecular weight excluding hydrogens is 356 g/mol. The van der Waals surface area contributed by atoms with E-state index < -0.39 is 5.97 Å². The van der Waals surface area contributed by atoms with Crippen molar-refractivity contribution in [2.45, 2.75) is 63.5 Å². The summed E-state index contributed by atoms with van der Waals surface area (Å²) in [7, 11) is 1.84. The van der Waals surface area contributed by atoms with Crippen molar-refractivity contribution in [2.24, 2.45) is 0 Å². The number of likely N-dealkylation sites (tertiary alicyclic amines) is 1. The predicted octanol–water partition coefficient (Wildman–Crippen LogP) is 2.95. The van der Waals surface area contributed by atoms with E-state index in [0.29, 0.717) is 25.6 Å². The Bertz CT molecular complexity index is 664. The van der Waals surface area contributed by atoms with Crippen LogP contribution in [0.1, 0.15) is 50.5 Å². The zero-order chi connectivity index (χ0) is 19.9. The maximum atomic E-state index is 12.6. The largest absolute Gasteiger partial charge is 0.490 e. The first kappa shape index (κ1) is 20.6. The minimum absolute atomic E-state index is 0.0535. The number of amides is 1. The summed E-state index contributed by atoms with van der Waals surface area (Å²) in [5.74, 6) is 0.292. The summed E-state index contributed by atoms with van der Waals surface area (Å²) >= 11 is 0. The number of aryl methyl sites for hydroxylation is 1. The number of ether oxygens (including phenoxy) is 1. The molecule has 0 bridgehead atoms. The van der Waals surface area contributed by atoms with Crippen molar-refractivity contribution in [2.75, 3.05) is 26.7 Å². The molecule has 28 heavy (non-hydrogen) atoms. The van der Waals surface area contributed by atoms with Crippen LogP contribution in [0.5, 0.6) is 5.75 Å². The molecule has 3 rings (SSSR count). The Hall–Kier alpha value is -2.08. The summed E-state index contributed by atoms with van der Waals surface area (Å²) in [4.78, 5) is 27.2. The van der Waals surface area contributed by atoms with Gasteiger partial charge in [-0.25, -0.2) is 0 Å². The molecule has 6 heteroatoms. The van der Waals surface area contributed by atoms with E-state index >= 15 is 0 Å². The minimum atomic E-state index is -0.805. The van der Waals surface area contributed by atoms with Gasteiger partial charge in [-0.3, -0.25) is 14.5 Å². The van der Waals surface area contributed by atoms with Crippen molar-refractivity contribution in [3.8, 4) is 5.75 Å². The fourth-order valence-corrected chi connectivity index (χ4v) is 4.28. The molecule has 0 radical (unpaired) electrons. The lowest BCUT2D eigenvalue weighted by Crippen LogP contribution is -2.46. The number of carboxylic acids is 1. The molecule has 1 aliphatic heterocycles. The molecule has 1 aromatic carbocycles.